The summed E-state index contributed by atoms with van der Waals surface area (Å²) >= 11 is 0. The van der Waals surface area contributed by atoms with E-state index in [1.54, 1.807) is 7.11 Å². The van der Waals surface area contributed by atoms with E-state index < -0.39 is 6.10 Å². The Kier molecular flexibility index (Phi) is 8.55. The number of piperidine rings is 1. The lowest BCUT2D eigenvalue weighted by molar-refractivity contribution is 0.186. The van der Waals surface area contributed by atoms with Crippen molar-refractivity contribution in [3.8, 4) is 5.75 Å². The highest BCUT2D eigenvalue weighted by Crippen LogP contribution is 2.19. The van der Waals surface area contributed by atoms with E-state index in [2.05, 4.69) is 20.5 Å². The van der Waals surface area contributed by atoms with Gasteiger partial charge >= 0.3 is 0 Å². The number of rotatable bonds is 8. The van der Waals surface area contributed by atoms with Crippen molar-refractivity contribution >= 4 is 5.96 Å². The monoisotopic (exact) mass is 348 g/mol. The summed E-state index contributed by atoms with van der Waals surface area (Å²) in [5, 5.41) is 17.0. The van der Waals surface area contributed by atoms with Gasteiger partial charge in [0.25, 0.3) is 0 Å². The molecule has 6 nitrogen and oxygen atoms in total. The minimum Gasteiger partial charge on any atom is -0.497 e. The number of nitrogens with zero attached hydrogens (tertiary/aromatic N) is 2. The molecule has 1 aromatic rings. The van der Waals surface area contributed by atoms with Crippen LogP contribution in [0, 0.1) is 0 Å². The zero-order valence-corrected chi connectivity index (χ0v) is 15.5. The number of guanidine groups is 1. The first-order valence-corrected chi connectivity index (χ1v) is 9.29. The Morgan fingerprint density at radius 1 is 1.28 bits per heavy atom. The third kappa shape index (κ3) is 6.92. The molecule has 6 heteroatoms. The summed E-state index contributed by atoms with van der Waals surface area (Å²) in [7, 11) is 1.62. The summed E-state index contributed by atoms with van der Waals surface area (Å²) in [6, 6.07) is 7.48. The third-order valence-corrected chi connectivity index (χ3v) is 4.41. The standard InChI is InChI=1S/C19H32N4O2/c1-3-20-19(21-10-13-23-11-5-4-6-12-23)22-15-18(24)16-8-7-9-17(14-16)25-2/h7-9,14,18,24H,3-6,10-13,15H2,1-2H3,(H2,20,21,22). The third-order valence-electron chi connectivity index (χ3n) is 4.41. The van der Waals surface area contributed by atoms with Gasteiger partial charge in [-0.15, -0.1) is 0 Å². The number of likely N-dealkylation sites (tertiary alicyclic amines) is 1. The number of methoxy groups -OCH3 is 1. The number of nitrogens with one attached hydrogen (secondary N) is 2. The van der Waals surface area contributed by atoms with Gasteiger partial charge in [0.05, 0.1) is 19.8 Å². The van der Waals surface area contributed by atoms with Gasteiger partial charge in [0.15, 0.2) is 5.96 Å². The second kappa shape index (κ2) is 10.9. The lowest BCUT2D eigenvalue weighted by Gasteiger charge is -2.26. The number of hydrogen-bond donors (Lipinski definition) is 3. The lowest BCUT2D eigenvalue weighted by Crippen LogP contribution is -2.42. The van der Waals surface area contributed by atoms with Crippen molar-refractivity contribution < 1.29 is 9.84 Å². The molecule has 0 aliphatic carbocycles. The van der Waals surface area contributed by atoms with Crippen molar-refractivity contribution in [2.24, 2.45) is 4.99 Å². The van der Waals surface area contributed by atoms with Crippen LogP contribution in [-0.2, 0) is 0 Å². The summed E-state index contributed by atoms with van der Waals surface area (Å²) in [6.45, 7) is 7.44. The van der Waals surface area contributed by atoms with Crippen molar-refractivity contribution in [1.82, 2.24) is 15.5 Å². The summed E-state index contributed by atoms with van der Waals surface area (Å²) in [6.07, 6.45) is 3.32. The second-order valence-electron chi connectivity index (χ2n) is 6.34. The van der Waals surface area contributed by atoms with Gasteiger partial charge < -0.3 is 25.4 Å². The van der Waals surface area contributed by atoms with Crippen molar-refractivity contribution in [2.75, 3.05) is 46.4 Å². The van der Waals surface area contributed by atoms with Gasteiger partial charge in [-0.25, -0.2) is 0 Å². The molecule has 1 aliphatic rings. The van der Waals surface area contributed by atoms with Crippen LogP contribution in [0.15, 0.2) is 29.3 Å². The maximum Gasteiger partial charge on any atom is 0.191 e. The van der Waals surface area contributed by atoms with Crippen molar-refractivity contribution in [1.29, 1.82) is 0 Å². The van der Waals surface area contributed by atoms with Gasteiger partial charge in [-0.1, -0.05) is 18.6 Å². The molecule has 0 saturated carbocycles. The Hall–Kier alpha value is -1.79. The molecule has 25 heavy (non-hydrogen) atoms. The molecule has 0 radical (unpaired) electrons. The van der Waals surface area contributed by atoms with Crippen LogP contribution in [0.3, 0.4) is 0 Å². The van der Waals surface area contributed by atoms with Gasteiger partial charge in [0.1, 0.15) is 5.75 Å². The second-order valence-corrected chi connectivity index (χ2v) is 6.34. The Labute approximate surface area is 151 Å². The van der Waals surface area contributed by atoms with Gasteiger partial charge in [-0.3, -0.25) is 4.99 Å². The maximum absolute atomic E-state index is 10.4. The van der Waals surface area contributed by atoms with Crippen LogP contribution in [0.2, 0.25) is 0 Å². The SMILES string of the molecule is CCNC(=NCC(O)c1cccc(OC)c1)NCCN1CCCCC1. The molecule has 2 rings (SSSR count). The molecule has 1 fully saturated rings. The highest BCUT2D eigenvalue weighted by atomic mass is 16.5. The van der Waals surface area contributed by atoms with E-state index in [0.29, 0.717) is 6.54 Å². The van der Waals surface area contributed by atoms with Gasteiger partial charge in [0.2, 0.25) is 0 Å². The average Bonchev–Trinajstić information content (AvgIpc) is 2.66. The Bertz CT molecular complexity index is 530. The summed E-state index contributed by atoms with van der Waals surface area (Å²) in [5.41, 5.74) is 0.812. The van der Waals surface area contributed by atoms with E-state index in [9.17, 15) is 5.11 Å². The molecular weight excluding hydrogens is 316 g/mol. The smallest absolute Gasteiger partial charge is 0.191 e. The van der Waals surface area contributed by atoms with E-state index in [-0.39, 0.29) is 0 Å². The Morgan fingerprint density at radius 2 is 2.08 bits per heavy atom. The first-order chi connectivity index (χ1) is 12.2. The molecule has 0 bridgehead atoms. The van der Waals surface area contributed by atoms with Crippen molar-refractivity contribution in [3.63, 3.8) is 0 Å². The number of benzene rings is 1. The molecule has 1 aromatic carbocycles. The maximum atomic E-state index is 10.4. The number of aliphatic hydroxyl groups excluding tert-OH is 1. The van der Waals surface area contributed by atoms with Crippen molar-refractivity contribution in [3.05, 3.63) is 29.8 Å². The minimum atomic E-state index is -0.646. The molecular formula is C19H32N4O2. The summed E-state index contributed by atoms with van der Waals surface area (Å²) < 4.78 is 5.20. The van der Waals surface area contributed by atoms with Crippen LogP contribution in [-0.4, -0.2) is 62.3 Å². The lowest BCUT2D eigenvalue weighted by atomic mass is 10.1. The molecule has 140 valence electrons. The highest BCUT2D eigenvalue weighted by Gasteiger charge is 2.11. The van der Waals surface area contributed by atoms with E-state index in [4.69, 9.17) is 4.74 Å². The Balaban J connectivity index is 1.82. The fourth-order valence-corrected chi connectivity index (χ4v) is 2.99. The molecule has 3 N–H and O–H groups in total. The molecule has 1 unspecified atom stereocenters. The molecule has 0 aromatic heterocycles. The first-order valence-electron chi connectivity index (χ1n) is 9.29. The predicted octanol–water partition coefficient (Wildman–Crippen LogP) is 1.77. The fraction of sp³-hybridized carbons (Fsp3) is 0.632. The average molecular weight is 348 g/mol. The molecule has 1 saturated heterocycles. The van der Waals surface area contributed by atoms with E-state index in [1.165, 1.54) is 32.4 Å². The minimum absolute atomic E-state index is 0.312. The van der Waals surface area contributed by atoms with Gasteiger partial charge in [0, 0.05) is 19.6 Å². The number of hydrogen-bond acceptors (Lipinski definition) is 4. The molecule has 1 heterocycles. The molecule has 1 aliphatic heterocycles. The molecule has 0 amide bonds. The number of aliphatic hydroxyl groups is 1. The zero-order valence-electron chi connectivity index (χ0n) is 15.5. The largest absolute Gasteiger partial charge is 0.497 e. The number of ether oxygens (including phenoxy) is 1. The van der Waals surface area contributed by atoms with Gasteiger partial charge in [-0.05, 0) is 50.6 Å². The van der Waals surface area contributed by atoms with Crippen LogP contribution >= 0.6 is 0 Å². The molecule has 1 atom stereocenters. The van der Waals surface area contributed by atoms with Crippen LogP contribution in [0.25, 0.3) is 0 Å². The summed E-state index contributed by atoms with van der Waals surface area (Å²) in [4.78, 5) is 7.00. The van der Waals surface area contributed by atoms with Crippen LogP contribution in [0.4, 0.5) is 0 Å². The van der Waals surface area contributed by atoms with E-state index >= 15 is 0 Å². The van der Waals surface area contributed by atoms with Crippen molar-refractivity contribution in [2.45, 2.75) is 32.3 Å². The highest BCUT2D eigenvalue weighted by molar-refractivity contribution is 5.79. The molecule has 0 spiro atoms. The van der Waals surface area contributed by atoms with Crippen LogP contribution < -0.4 is 15.4 Å². The normalized spacial score (nSPS) is 17.2. The Morgan fingerprint density at radius 3 is 2.80 bits per heavy atom. The van der Waals surface area contributed by atoms with Gasteiger partial charge in [-0.2, -0.15) is 0 Å². The topological polar surface area (TPSA) is 69.1 Å². The van der Waals surface area contributed by atoms with E-state index in [0.717, 1.165) is 36.9 Å². The predicted molar refractivity (Wildman–Crippen MR) is 102 cm³/mol. The zero-order chi connectivity index (χ0) is 17.9. The first kappa shape index (κ1) is 19.5. The van der Waals surface area contributed by atoms with Crippen LogP contribution in [0.5, 0.6) is 5.75 Å². The number of aliphatic imine (C=N–C) groups is 1. The van der Waals surface area contributed by atoms with Crippen LogP contribution in [0.1, 0.15) is 37.9 Å². The fourth-order valence-electron chi connectivity index (χ4n) is 2.99. The summed E-state index contributed by atoms with van der Waals surface area (Å²) in [5.74, 6) is 1.49. The van der Waals surface area contributed by atoms with E-state index in [1.807, 2.05) is 31.2 Å². The quantitative estimate of drug-likeness (QED) is 0.493.